The van der Waals surface area contributed by atoms with Gasteiger partial charge in [0.15, 0.2) is 0 Å². The topological polar surface area (TPSA) is 41.6 Å². The van der Waals surface area contributed by atoms with Crippen LogP contribution in [0.2, 0.25) is 5.02 Å². The van der Waals surface area contributed by atoms with Crippen LogP contribution < -0.4 is 0 Å². The summed E-state index contributed by atoms with van der Waals surface area (Å²) in [6, 6.07) is 8.05. The van der Waals surface area contributed by atoms with Crippen molar-refractivity contribution in [1.82, 2.24) is 15.2 Å². The van der Waals surface area contributed by atoms with Crippen molar-refractivity contribution in [2.24, 2.45) is 0 Å². The normalized spacial score (nSPS) is 18.1. The first-order valence-electron chi connectivity index (χ1n) is 5.43. The second kappa shape index (κ2) is 3.59. The zero-order chi connectivity index (χ0) is 11.0. The van der Waals surface area contributed by atoms with Gasteiger partial charge in [-0.05, 0) is 30.5 Å². The number of rotatable bonds is 2. The zero-order valence-electron chi connectivity index (χ0n) is 8.78. The van der Waals surface area contributed by atoms with Gasteiger partial charge in [0.1, 0.15) is 12.2 Å². The van der Waals surface area contributed by atoms with Gasteiger partial charge in [0.2, 0.25) is 0 Å². The molecule has 0 aliphatic heterocycles. The summed E-state index contributed by atoms with van der Waals surface area (Å²) in [7, 11) is 0. The van der Waals surface area contributed by atoms with Crippen LogP contribution in [0.25, 0.3) is 0 Å². The number of aromatic amines is 1. The number of benzene rings is 1. The van der Waals surface area contributed by atoms with E-state index in [1.54, 1.807) is 6.33 Å². The lowest BCUT2D eigenvalue weighted by molar-refractivity contribution is 0.286. The first-order valence-corrected chi connectivity index (χ1v) is 5.81. The number of hydrogen-bond acceptors (Lipinski definition) is 2. The Balaban J connectivity index is 2.05. The highest BCUT2D eigenvalue weighted by Crippen LogP contribution is 2.47. The highest BCUT2D eigenvalue weighted by atomic mass is 35.5. The second-order valence-electron chi connectivity index (χ2n) is 4.28. The Morgan fingerprint density at radius 2 is 1.94 bits per heavy atom. The molecule has 0 bridgehead atoms. The van der Waals surface area contributed by atoms with Gasteiger partial charge in [-0.25, -0.2) is 4.98 Å². The summed E-state index contributed by atoms with van der Waals surface area (Å²) < 4.78 is 0. The molecule has 1 aliphatic carbocycles. The molecule has 0 amide bonds. The maximum Gasteiger partial charge on any atom is 0.137 e. The molecule has 1 aliphatic rings. The van der Waals surface area contributed by atoms with E-state index in [1.165, 1.54) is 12.0 Å². The predicted octanol–water partition coefficient (Wildman–Crippen LogP) is 2.93. The number of H-pyrrole nitrogens is 1. The van der Waals surface area contributed by atoms with Gasteiger partial charge < -0.3 is 0 Å². The molecule has 1 N–H and O–H groups in total. The summed E-state index contributed by atoms with van der Waals surface area (Å²) in [4.78, 5) is 4.31. The Morgan fingerprint density at radius 1 is 1.19 bits per heavy atom. The van der Waals surface area contributed by atoms with Crippen LogP contribution in [0.15, 0.2) is 30.6 Å². The number of halogens is 1. The van der Waals surface area contributed by atoms with Crippen LogP contribution in [0.3, 0.4) is 0 Å². The fraction of sp³-hybridized carbons (Fsp3) is 0.333. The molecule has 2 aromatic rings. The van der Waals surface area contributed by atoms with Crippen molar-refractivity contribution in [3.8, 4) is 0 Å². The lowest BCUT2D eigenvalue weighted by Crippen LogP contribution is -2.36. The molecule has 0 unspecified atom stereocenters. The lowest BCUT2D eigenvalue weighted by atomic mass is 9.64. The average molecular weight is 234 g/mol. The van der Waals surface area contributed by atoms with Crippen molar-refractivity contribution in [1.29, 1.82) is 0 Å². The summed E-state index contributed by atoms with van der Waals surface area (Å²) in [6.07, 6.45) is 5.07. The Morgan fingerprint density at radius 3 is 2.44 bits per heavy atom. The molecule has 3 nitrogen and oxygen atoms in total. The van der Waals surface area contributed by atoms with Crippen LogP contribution in [0.1, 0.15) is 30.7 Å². The lowest BCUT2D eigenvalue weighted by Gasteiger charge is -2.40. The first kappa shape index (κ1) is 9.85. The van der Waals surface area contributed by atoms with Crippen molar-refractivity contribution in [3.63, 3.8) is 0 Å². The fourth-order valence-electron chi connectivity index (χ4n) is 2.40. The maximum absolute atomic E-state index is 5.91. The highest BCUT2D eigenvalue weighted by molar-refractivity contribution is 6.30. The summed E-state index contributed by atoms with van der Waals surface area (Å²) >= 11 is 5.91. The van der Waals surface area contributed by atoms with Crippen LogP contribution in [-0.2, 0) is 5.41 Å². The van der Waals surface area contributed by atoms with Gasteiger partial charge in [0, 0.05) is 5.02 Å². The number of hydrogen-bond donors (Lipinski definition) is 1. The van der Waals surface area contributed by atoms with Gasteiger partial charge in [-0.15, -0.1) is 0 Å². The van der Waals surface area contributed by atoms with Crippen molar-refractivity contribution in [2.75, 3.05) is 0 Å². The molecule has 1 aromatic carbocycles. The minimum Gasteiger partial charge on any atom is -0.263 e. The Kier molecular flexibility index (Phi) is 2.21. The van der Waals surface area contributed by atoms with Crippen LogP contribution >= 0.6 is 11.6 Å². The van der Waals surface area contributed by atoms with Crippen LogP contribution in [0.4, 0.5) is 0 Å². The van der Waals surface area contributed by atoms with Crippen molar-refractivity contribution in [2.45, 2.75) is 24.7 Å². The standard InChI is InChI=1S/C12H12ClN3/c13-10-4-2-9(3-5-10)12(6-1-7-12)11-14-8-15-16-11/h2-5,8H,1,6-7H2,(H,14,15,16). The summed E-state index contributed by atoms with van der Waals surface area (Å²) in [5.74, 6) is 0.973. The van der Waals surface area contributed by atoms with Crippen LogP contribution in [-0.4, -0.2) is 15.2 Å². The van der Waals surface area contributed by atoms with Crippen LogP contribution in [0.5, 0.6) is 0 Å². The van der Waals surface area contributed by atoms with E-state index in [1.807, 2.05) is 12.1 Å². The van der Waals surface area contributed by atoms with E-state index >= 15 is 0 Å². The van der Waals surface area contributed by atoms with Crippen molar-refractivity contribution >= 4 is 11.6 Å². The molecule has 1 saturated carbocycles. The molecule has 3 rings (SSSR count). The Bertz CT molecular complexity index is 471. The van der Waals surface area contributed by atoms with E-state index < -0.39 is 0 Å². The highest BCUT2D eigenvalue weighted by Gasteiger charge is 2.42. The molecule has 1 aromatic heterocycles. The summed E-state index contributed by atoms with van der Waals surface area (Å²) in [5, 5.41) is 7.72. The second-order valence-corrected chi connectivity index (χ2v) is 4.71. The van der Waals surface area contributed by atoms with E-state index in [2.05, 4.69) is 27.3 Å². The monoisotopic (exact) mass is 233 g/mol. The van der Waals surface area contributed by atoms with E-state index in [4.69, 9.17) is 11.6 Å². The largest absolute Gasteiger partial charge is 0.263 e. The van der Waals surface area contributed by atoms with E-state index in [-0.39, 0.29) is 5.41 Å². The quantitative estimate of drug-likeness (QED) is 0.867. The summed E-state index contributed by atoms with van der Waals surface area (Å²) in [5.41, 5.74) is 1.32. The van der Waals surface area contributed by atoms with Gasteiger partial charge in [-0.2, -0.15) is 5.10 Å². The summed E-state index contributed by atoms with van der Waals surface area (Å²) in [6.45, 7) is 0. The van der Waals surface area contributed by atoms with Gasteiger partial charge >= 0.3 is 0 Å². The minimum atomic E-state index is 0.0427. The van der Waals surface area contributed by atoms with Crippen molar-refractivity contribution < 1.29 is 0 Å². The molecule has 0 saturated heterocycles. The smallest absolute Gasteiger partial charge is 0.137 e. The molecule has 0 atom stereocenters. The molecule has 0 spiro atoms. The Hall–Kier alpha value is -1.35. The Labute approximate surface area is 98.9 Å². The van der Waals surface area contributed by atoms with Gasteiger partial charge in [0.05, 0.1) is 5.41 Å². The van der Waals surface area contributed by atoms with Crippen LogP contribution in [0, 0.1) is 0 Å². The molecule has 16 heavy (non-hydrogen) atoms. The first-order chi connectivity index (χ1) is 7.81. The number of aromatic nitrogens is 3. The third kappa shape index (κ3) is 1.35. The van der Waals surface area contributed by atoms with E-state index in [9.17, 15) is 0 Å². The molecule has 4 heteroatoms. The average Bonchev–Trinajstić information content (AvgIpc) is 2.73. The van der Waals surface area contributed by atoms with Gasteiger partial charge in [0.25, 0.3) is 0 Å². The fourth-order valence-corrected chi connectivity index (χ4v) is 2.52. The number of nitrogens with zero attached hydrogens (tertiary/aromatic N) is 2. The molecular weight excluding hydrogens is 222 g/mol. The van der Waals surface area contributed by atoms with E-state index in [0.29, 0.717) is 0 Å². The van der Waals surface area contributed by atoms with Crippen molar-refractivity contribution in [3.05, 3.63) is 47.0 Å². The molecular formula is C12H12ClN3. The molecule has 0 radical (unpaired) electrons. The minimum absolute atomic E-state index is 0.0427. The number of nitrogens with one attached hydrogen (secondary N) is 1. The maximum atomic E-state index is 5.91. The van der Waals surface area contributed by atoms with Gasteiger partial charge in [-0.3, -0.25) is 5.10 Å². The third-order valence-corrected chi connectivity index (χ3v) is 3.72. The predicted molar refractivity (Wildman–Crippen MR) is 62.5 cm³/mol. The molecule has 1 heterocycles. The third-order valence-electron chi connectivity index (χ3n) is 3.47. The molecule has 1 fully saturated rings. The van der Waals surface area contributed by atoms with Gasteiger partial charge in [-0.1, -0.05) is 30.2 Å². The SMILES string of the molecule is Clc1ccc(C2(c3ncn[nH]3)CCC2)cc1. The van der Waals surface area contributed by atoms with E-state index in [0.717, 1.165) is 23.7 Å². The zero-order valence-corrected chi connectivity index (χ0v) is 9.54. The molecule has 82 valence electrons.